The van der Waals surface area contributed by atoms with Crippen LogP contribution in [0.3, 0.4) is 0 Å². The zero-order valence-corrected chi connectivity index (χ0v) is 26.2. The molecule has 0 saturated heterocycles. The first-order valence-corrected chi connectivity index (χ1v) is 17.1. The van der Waals surface area contributed by atoms with Crippen molar-refractivity contribution < 1.29 is 10.2 Å². The van der Waals surface area contributed by atoms with Gasteiger partial charge in [-0.05, 0) is 36.8 Å². The molecule has 0 aliphatic rings. The van der Waals surface area contributed by atoms with E-state index < -0.39 is 0 Å². The van der Waals surface area contributed by atoms with Crippen molar-refractivity contribution in [3.63, 3.8) is 0 Å². The average molecular weight is 531 g/mol. The molecule has 2 N–H and O–H groups in total. The summed E-state index contributed by atoms with van der Waals surface area (Å²) in [4.78, 5) is 0. The number of rotatable bonds is 26. The van der Waals surface area contributed by atoms with Crippen LogP contribution >= 0.6 is 0 Å². The van der Waals surface area contributed by atoms with Crippen molar-refractivity contribution in [2.75, 3.05) is 0 Å². The largest absolute Gasteiger partial charge is 0.508 e. The van der Waals surface area contributed by atoms with Crippen molar-refractivity contribution in [1.29, 1.82) is 0 Å². The number of phenolic OH excluding ortho intramolecular Hbond substituents is 2. The summed E-state index contributed by atoms with van der Waals surface area (Å²) in [5.41, 5.74) is 1.83. The zero-order valence-electron chi connectivity index (χ0n) is 26.2. The van der Waals surface area contributed by atoms with Crippen LogP contribution in [0.25, 0.3) is 0 Å². The van der Waals surface area contributed by atoms with Gasteiger partial charge in [-0.3, -0.25) is 0 Å². The number of aromatic hydroxyl groups is 2. The lowest BCUT2D eigenvalue weighted by Gasteiger charge is -2.19. The molecule has 0 spiro atoms. The molecule has 0 aromatic heterocycles. The molecule has 1 rings (SSSR count). The van der Waals surface area contributed by atoms with Gasteiger partial charge in [0.1, 0.15) is 11.5 Å². The summed E-state index contributed by atoms with van der Waals surface area (Å²) in [5.74, 6) is 1.32. The van der Waals surface area contributed by atoms with E-state index in [2.05, 4.69) is 27.7 Å². The minimum absolute atomic E-state index is 0.287. The monoisotopic (exact) mass is 531 g/mol. The fourth-order valence-electron chi connectivity index (χ4n) is 5.94. The lowest BCUT2D eigenvalue weighted by Crippen LogP contribution is -1.99. The molecular weight excluding hydrogens is 464 g/mol. The number of unbranched alkanes of at least 4 members (excludes halogenated alkanes) is 20. The third-order valence-electron chi connectivity index (χ3n) is 8.72. The van der Waals surface area contributed by atoms with E-state index in [1.54, 1.807) is 0 Å². The predicted molar refractivity (Wildman–Crippen MR) is 169 cm³/mol. The molecule has 2 atom stereocenters. The van der Waals surface area contributed by atoms with Gasteiger partial charge in [-0.25, -0.2) is 0 Å². The zero-order chi connectivity index (χ0) is 27.8. The Kier molecular flexibility index (Phi) is 21.7. The van der Waals surface area contributed by atoms with Crippen molar-refractivity contribution in [3.05, 3.63) is 23.3 Å². The quantitative estimate of drug-likeness (QED) is 0.0923. The molecule has 0 radical (unpaired) electrons. The summed E-state index contributed by atoms with van der Waals surface area (Å²) in [6.07, 6.45) is 32.0. The van der Waals surface area contributed by atoms with E-state index in [0.717, 1.165) is 24.0 Å². The van der Waals surface area contributed by atoms with Gasteiger partial charge in [0.25, 0.3) is 0 Å². The maximum Gasteiger partial charge on any atom is 0.119 e. The van der Waals surface area contributed by atoms with Gasteiger partial charge in [-0.2, -0.15) is 0 Å². The Bertz CT molecular complexity index is 610. The Morgan fingerprint density at radius 2 is 0.658 bits per heavy atom. The Balaban J connectivity index is 2.21. The van der Waals surface area contributed by atoms with Gasteiger partial charge in [-0.15, -0.1) is 0 Å². The Morgan fingerprint density at radius 1 is 0.421 bits per heavy atom. The molecule has 38 heavy (non-hydrogen) atoms. The van der Waals surface area contributed by atoms with Crippen LogP contribution in [0.4, 0.5) is 0 Å². The minimum atomic E-state index is 0.287. The van der Waals surface area contributed by atoms with E-state index in [-0.39, 0.29) is 11.8 Å². The smallest absolute Gasteiger partial charge is 0.119 e. The van der Waals surface area contributed by atoms with Crippen LogP contribution in [-0.2, 0) is 0 Å². The molecule has 2 nitrogen and oxygen atoms in total. The van der Waals surface area contributed by atoms with Crippen molar-refractivity contribution in [1.82, 2.24) is 0 Å². The van der Waals surface area contributed by atoms with Gasteiger partial charge in [0, 0.05) is 11.1 Å². The number of phenols is 2. The summed E-state index contributed by atoms with van der Waals surface area (Å²) < 4.78 is 0. The molecule has 0 saturated carbocycles. The SMILES string of the molecule is CCCCCCCCCCCCCC(C)c1cc(O)c(C(C)CCCCCCCCCCCCC)cc1O. The highest BCUT2D eigenvalue weighted by Crippen LogP contribution is 2.39. The number of hydrogen-bond donors (Lipinski definition) is 2. The van der Waals surface area contributed by atoms with Gasteiger partial charge in [0.2, 0.25) is 0 Å². The van der Waals surface area contributed by atoms with E-state index in [9.17, 15) is 10.2 Å². The first-order valence-electron chi connectivity index (χ1n) is 17.1. The lowest BCUT2D eigenvalue weighted by atomic mass is 9.88. The lowest BCUT2D eigenvalue weighted by molar-refractivity contribution is 0.433. The Morgan fingerprint density at radius 3 is 0.921 bits per heavy atom. The van der Waals surface area contributed by atoms with E-state index >= 15 is 0 Å². The van der Waals surface area contributed by atoms with Crippen molar-refractivity contribution in [3.8, 4) is 11.5 Å². The molecule has 0 amide bonds. The molecule has 1 aromatic rings. The average Bonchev–Trinajstić information content (AvgIpc) is 2.91. The molecule has 0 bridgehead atoms. The summed E-state index contributed by atoms with van der Waals surface area (Å²) in [6.45, 7) is 8.95. The maximum atomic E-state index is 10.8. The van der Waals surface area contributed by atoms with Crippen LogP contribution in [0.2, 0.25) is 0 Å². The van der Waals surface area contributed by atoms with E-state index in [1.165, 1.54) is 141 Å². The fourth-order valence-corrected chi connectivity index (χ4v) is 5.94. The van der Waals surface area contributed by atoms with Crippen LogP contribution in [0, 0.1) is 0 Å². The molecule has 2 unspecified atom stereocenters. The normalized spacial score (nSPS) is 13.2. The van der Waals surface area contributed by atoms with Crippen molar-refractivity contribution >= 4 is 0 Å². The fraction of sp³-hybridized carbons (Fsp3) is 0.833. The molecular formula is C36H66O2. The molecule has 1 aromatic carbocycles. The van der Waals surface area contributed by atoms with E-state index in [1.807, 2.05) is 12.1 Å². The first kappa shape index (κ1) is 34.8. The molecule has 0 heterocycles. The number of hydrogen-bond acceptors (Lipinski definition) is 2. The second-order valence-electron chi connectivity index (χ2n) is 12.4. The van der Waals surface area contributed by atoms with Gasteiger partial charge < -0.3 is 10.2 Å². The van der Waals surface area contributed by atoms with Gasteiger partial charge >= 0.3 is 0 Å². The number of benzene rings is 1. The van der Waals surface area contributed by atoms with Crippen LogP contribution in [-0.4, -0.2) is 10.2 Å². The molecule has 2 heteroatoms. The van der Waals surface area contributed by atoms with Gasteiger partial charge in [0.15, 0.2) is 0 Å². The highest BCUT2D eigenvalue weighted by atomic mass is 16.3. The van der Waals surface area contributed by atoms with Crippen molar-refractivity contribution in [2.45, 2.75) is 194 Å². The standard InChI is InChI=1S/C36H66O2/c1-5-7-9-11-13-15-17-19-21-23-25-27-31(3)33-29-36(38)34(30-35(33)37)32(4)28-26-24-22-20-18-16-14-12-10-8-6-2/h29-32,37-38H,5-28H2,1-4H3. The highest BCUT2D eigenvalue weighted by molar-refractivity contribution is 5.47. The predicted octanol–water partition coefficient (Wildman–Crippen LogP) is 12.7. The van der Waals surface area contributed by atoms with Crippen LogP contribution in [0.1, 0.15) is 205 Å². The van der Waals surface area contributed by atoms with Gasteiger partial charge in [0.05, 0.1) is 0 Å². The summed E-state index contributed by atoms with van der Waals surface area (Å²) >= 11 is 0. The van der Waals surface area contributed by atoms with E-state index in [4.69, 9.17) is 0 Å². The maximum absolute atomic E-state index is 10.8. The first-order chi connectivity index (χ1) is 18.5. The minimum Gasteiger partial charge on any atom is -0.508 e. The molecule has 222 valence electrons. The van der Waals surface area contributed by atoms with Gasteiger partial charge in [-0.1, -0.05) is 169 Å². The summed E-state index contributed by atoms with van der Waals surface area (Å²) in [7, 11) is 0. The molecule has 0 fully saturated rings. The Labute approximate surface area is 238 Å². The van der Waals surface area contributed by atoms with Crippen LogP contribution in [0.5, 0.6) is 11.5 Å². The summed E-state index contributed by atoms with van der Waals surface area (Å²) in [6, 6.07) is 3.70. The second kappa shape index (κ2) is 23.7. The third-order valence-corrected chi connectivity index (χ3v) is 8.72. The highest BCUT2D eigenvalue weighted by Gasteiger charge is 2.17. The molecule has 0 aliphatic heterocycles. The topological polar surface area (TPSA) is 40.5 Å². The Hall–Kier alpha value is -1.18. The van der Waals surface area contributed by atoms with Crippen LogP contribution in [0.15, 0.2) is 12.1 Å². The third kappa shape index (κ3) is 16.7. The molecule has 0 aliphatic carbocycles. The van der Waals surface area contributed by atoms with E-state index in [0.29, 0.717) is 11.5 Å². The summed E-state index contributed by atoms with van der Waals surface area (Å²) in [5, 5.41) is 21.5. The van der Waals surface area contributed by atoms with Crippen molar-refractivity contribution in [2.24, 2.45) is 0 Å². The second-order valence-corrected chi connectivity index (χ2v) is 12.4. The van der Waals surface area contributed by atoms with Crippen LogP contribution < -0.4 is 0 Å².